The number of nitro groups is 1. The van der Waals surface area contributed by atoms with Crippen LogP contribution in [0.15, 0.2) is 18.2 Å². The molecule has 10 heteroatoms. The summed E-state index contributed by atoms with van der Waals surface area (Å²) in [5.74, 6) is -1.05. The number of ether oxygens (including phenoxy) is 2. The number of hydrogen-bond donors (Lipinski definition) is 1. The third-order valence-corrected chi connectivity index (χ3v) is 3.60. The quantitative estimate of drug-likeness (QED) is 0.350. The minimum atomic E-state index is -1.08. The molecule has 0 aromatic heterocycles. The van der Waals surface area contributed by atoms with Gasteiger partial charge in [0.05, 0.1) is 12.0 Å². The molecule has 0 atom stereocenters. The Morgan fingerprint density at radius 2 is 2.04 bits per heavy atom. The highest BCUT2D eigenvalue weighted by Gasteiger charge is 2.45. The number of esters is 1. The largest absolute Gasteiger partial charge is 0.496 e. The van der Waals surface area contributed by atoms with E-state index >= 15 is 0 Å². The molecule has 25 heavy (non-hydrogen) atoms. The molecule has 1 aliphatic rings. The molecule has 2 rings (SSSR count). The number of carbonyl (C=O) groups is 3. The van der Waals surface area contributed by atoms with Gasteiger partial charge in [-0.15, -0.1) is 0 Å². The number of nitrogens with one attached hydrogen (secondary N) is 1. The Hall–Kier alpha value is -3.17. The summed E-state index contributed by atoms with van der Waals surface area (Å²) in [6.45, 7) is 2.20. The van der Waals surface area contributed by atoms with Gasteiger partial charge in [0.25, 0.3) is 11.6 Å². The number of carbonyl (C=O) groups excluding carboxylic acids is 3. The van der Waals surface area contributed by atoms with E-state index in [1.807, 2.05) is 0 Å². The Morgan fingerprint density at radius 3 is 2.56 bits per heavy atom. The predicted octanol–water partition coefficient (Wildman–Crippen LogP) is 0.977. The molecular formula is C15H17N3O7. The van der Waals surface area contributed by atoms with Crippen molar-refractivity contribution >= 4 is 23.6 Å². The Morgan fingerprint density at radius 1 is 1.36 bits per heavy atom. The first-order valence-corrected chi connectivity index (χ1v) is 7.26. The maximum atomic E-state index is 12.0. The summed E-state index contributed by atoms with van der Waals surface area (Å²) < 4.78 is 10.1. The summed E-state index contributed by atoms with van der Waals surface area (Å²) in [5.41, 5.74) is -0.967. The van der Waals surface area contributed by atoms with Crippen LogP contribution in [0.5, 0.6) is 5.75 Å². The van der Waals surface area contributed by atoms with E-state index in [2.05, 4.69) is 5.32 Å². The van der Waals surface area contributed by atoms with Gasteiger partial charge in [0.15, 0.2) is 0 Å². The van der Waals surface area contributed by atoms with E-state index in [9.17, 15) is 24.5 Å². The van der Waals surface area contributed by atoms with Crippen molar-refractivity contribution in [3.8, 4) is 5.75 Å². The minimum Gasteiger partial charge on any atom is -0.496 e. The van der Waals surface area contributed by atoms with Gasteiger partial charge in [0.1, 0.15) is 24.4 Å². The first kappa shape index (κ1) is 18.2. The Kier molecular flexibility index (Phi) is 4.91. The maximum absolute atomic E-state index is 12.0. The highest BCUT2D eigenvalue weighted by atomic mass is 16.6. The van der Waals surface area contributed by atoms with Crippen molar-refractivity contribution in [1.29, 1.82) is 0 Å². The fraction of sp³-hybridized carbons (Fsp3) is 0.400. The van der Waals surface area contributed by atoms with Gasteiger partial charge in [-0.25, -0.2) is 4.79 Å². The van der Waals surface area contributed by atoms with Crippen LogP contribution in [0, 0.1) is 10.1 Å². The van der Waals surface area contributed by atoms with Crippen LogP contribution in [0.4, 0.5) is 10.5 Å². The highest BCUT2D eigenvalue weighted by Crippen LogP contribution is 2.25. The van der Waals surface area contributed by atoms with E-state index in [0.29, 0.717) is 11.3 Å². The molecule has 0 radical (unpaired) electrons. The predicted molar refractivity (Wildman–Crippen MR) is 83.8 cm³/mol. The van der Waals surface area contributed by atoms with Crippen LogP contribution >= 0.6 is 0 Å². The van der Waals surface area contributed by atoms with Gasteiger partial charge < -0.3 is 14.8 Å². The van der Waals surface area contributed by atoms with Crippen molar-refractivity contribution < 1.29 is 28.8 Å². The van der Waals surface area contributed by atoms with Crippen LogP contribution in [0.3, 0.4) is 0 Å². The second kappa shape index (κ2) is 6.75. The number of nitro benzene ring substituents is 1. The second-order valence-electron chi connectivity index (χ2n) is 5.86. The Bertz CT molecular complexity index is 745. The lowest BCUT2D eigenvalue weighted by molar-refractivity contribution is -0.385. The number of imide groups is 1. The van der Waals surface area contributed by atoms with Crippen molar-refractivity contribution in [2.45, 2.75) is 26.0 Å². The molecule has 1 heterocycles. The Balaban J connectivity index is 2.03. The number of methoxy groups -OCH3 is 1. The zero-order valence-corrected chi connectivity index (χ0v) is 13.9. The molecule has 3 amide bonds. The third-order valence-electron chi connectivity index (χ3n) is 3.60. The lowest BCUT2D eigenvalue weighted by atomic mass is 10.1. The normalized spacial score (nSPS) is 15.7. The number of hydrogen-bond acceptors (Lipinski definition) is 7. The first-order valence-electron chi connectivity index (χ1n) is 7.26. The number of amides is 3. The summed E-state index contributed by atoms with van der Waals surface area (Å²) in [7, 11) is 1.38. The standard InChI is InChI=1S/C15H17N3O7/c1-15(2)13(20)17(14(21)16-15)7-12(19)25-8-9-6-10(18(22)23)4-5-11(9)24-3/h4-6H,7-8H2,1-3H3,(H,16,21). The molecule has 0 aliphatic carbocycles. The zero-order chi connectivity index (χ0) is 18.8. The van der Waals surface area contributed by atoms with E-state index in [1.165, 1.54) is 39.2 Å². The zero-order valence-electron chi connectivity index (χ0n) is 13.9. The highest BCUT2D eigenvalue weighted by molar-refractivity contribution is 6.08. The van der Waals surface area contributed by atoms with Gasteiger partial charge in [-0.05, 0) is 19.9 Å². The van der Waals surface area contributed by atoms with Crippen molar-refractivity contribution in [3.63, 3.8) is 0 Å². The molecule has 0 spiro atoms. The van der Waals surface area contributed by atoms with Crippen molar-refractivity contribution in [2.75, 3.05) is 13.7 Å². The minimum absolute atomic E-state index is 0.178. The van der Waals surface area contributed by atoms with Crippen molar-refractivity contribution in [2.24, 2.45) is 0 Å². The third kappa shape index (κ3) is 3.84. The smallest absolute Gasteiger partial charge is 0.326 e. The average Bonchev–Trinajstić information content (AvgIpc) is 2.74. The number of nitrogens with zero attached hydrogens (tertiary/aromatic N) is 2. The lowest BCUT2D eigenvalue weighted by Crippen LogP contribution is -2.41. The van der Waals surface area contributed by atoms with E-state index in [-0.39, 0.29) is 12.3 Å². The Labute approximate surface area is 142 Å². The number of rotatable bonds is 6. The summed E-state index contributed by atoms with van der Waals surface area (Å²) in [4.78, 5) is 46.6. The van der Waals surface area contributed by atoms with Crippen LogP contribution in [0.2, 0.25) is 0 Å². The van der Waals surface area contributed by atoms with Gasteiger partial charge in [0, 0.05) is 17.7 Å². The molecular weight excluding hydrogens is 334 g/mol. The van der Waals surface area contributed by atoms with Crippen LogP contribution < -0.4 is 10.1 Å². The number of non-ortho nitro benzene ring substituents is 1. The van der Waals surface area contributed by atoms with E-state index in [4.69, 9.17) is 9.47 Å². The van der Waals surface area contributed by atoms with Crippen LogP contribution in [-0.4, -0.2) is 46.9 Å². The molecule has 0 bridgehead atoms. The fourth-order valence-corrected chi connectivity index (χ4v) is 2.29. The van der Waals surface area contributed by atoms with Gasteiger partial charge in [0.2, 0.25) is 0 Å². The average molecular weight is 351 g/mol. The van der Waals surface area contributed by atoms with E-state index < -0.39 is 34.9 Å². The molecule has 1 aromatic carbocycles. The van der Waals surface area contributed by atoms with Crippen LogP contribution in [0.25, 0.3) is 0 Å². The summed E-state index contributed by atoms with van der Waals surface area (Å²) in [6.07, 6.45) is 0. The van der Waals surface area contributed by atoms with E-state index in [0.717, 1.165) is 4.90 Å². The molecule has 1 N–H and O–H groups in total. The molecule has 1 saturated heterocycles. The number of benzene rings is 1. The SMILES string of the molecule is COc1ccc([N+](=O)[O-])cc1COC(=O)CN1C(=O)NC(C)(C)C1=O. The van der Waals surface area contributed by atoms with Crippen LogP contribution in [-0.2, 0) is 20.9 Å². The molecule has 10 nitrogen and oxygen atoms in total. The number of urea groups is 1. The molecule has 1 aliphatic heterocycles. The summed E-state index contributed by atoms with van der Waals surface area (Å²) >= 11 is 0. The molecule has 0 unspecified atom stereocenters. The summed E-state index contributed by atoms with van der Waals surface area (Å²) in [5, 5.41) is 13.3. The topological polar surface area (TPSA) is 128 Å². The van der Waals surface area contributed by atoms with Crippen LogP contribution in [0.1, 0.15) is 19.4 Å². The van der Waals surface area contributed by atoms with E-state index in [1.54, 1.807) is 0 Å². The van der Waals surface area contributed by atoms with Crippen molar-refractivity contribution in [1.82, 2.24) is 10.2 Å². The monoisotopic (exact) mass is 351 g/mol. The molecule has 1 fully saturated rings. The molecule has 134 valence electrons. The van der Waals surface area contributed by atoms with Crippen molar-refractivity contribution in [3.05, 3.63) is 33.9 Å². The van der Waals surface area contributed by atoms with Gasteiger partial charge >= 0.3 is 12.0 Å². The molecule has 0 saturated carbocycles. The summed E-state index contributed by atoms with van der Waals surface area (Å²) in [6, 6.07) is 3.20. The first-order chi connectivity index (χ1) is 11.7. The fourth-order valence-electron chi connectivity index (χ4n) is 2.29. The molecule has 1 aromatic rings. The lowest BCUT2D eigenvalue weighted by Gasteiger charge is -2.15. The van der Waals surface area contributed by atoms with Gasteiger partial charge in [-0.1, -0.05) is 0 Å². The maximum Gasteiger partial charge on any atom is 0.326 e. The second-order valence-corrected chi connectivity index (χ2v) is 5.86. The van der Waals surface area contributed by atoms with Gasteiger partial charge in [-0.2, -0.15) is 0 Å². The van der Waals surface area contributed by atoms with Gasteiger partial charge in [-0.3, -0.25) is 24.6 Å².